The first kappa shape index (κ1) is 17.9. The average Bonchev–Trinajstić information content (AvgIpc) is 2.60. The highest BCUT2D eigenvalue weighted by Gasteiger charge is 2.24. The monoisotopic (exact) mass is 344 g/mol. The number of non-ortho nitro benzene ring substituents is 1. The molecular formula is C16H16N4O5. The minimum atomic E-state index is -0.833. The number of carboxylic acid groups (broad SMARTS) is 1. The van der Waals surface area contributed by atoms with E-state index >= 15 is 0 Å². The molecule has 0 saturated carbocycles. The third kappa shape index (κ3) is 4.78. The number of carbonyl (C=O) groups excluding carboxylic acids is 1. The first-order valence-electron chi connectivity index (χ1n) is 7.55. The number of nitrogens with zero attached hydrogens (tertiary/aromatic N) is 3. The molecule has 2 N–H and O–H groups in total. The van der Waals surface area contributed by atoms with E-state index in [2.05, 4.69) is 5.32 Å². The van der Waals surface area contributed by atoms with Crippen molar-refractivity contribution >= 4 is 23.3 Å². The van der Waals surface area contributed by atoms with Crippen LogP contribution in [0.3, 0.4) is 0 Å². The number of amides is 1. The van der Waals surface area contributed by atoms with Gasteiger partial charge in [0.05, 0.1) is 10.8 Å². The Morgan fingerprint density at radius 3 is 2.40 bits per heavy atom. The molecule has 9 heteroatoms. The van der Waals surface area contributed by atoms with E-state index in [9.17, 15) is 25.0 Å². The number of carbonyl (C=O) groups is 2. The Morgan fingerprint density at radius 2 is 1.92 bits per heavy atom. The highest BCUT2D eigenvalue weighted by Crippen LogP contribution is 2.19. The summed E-state index contributed by atoms with van der Waals surface area (Å²) in [4.78, 5) is 34.9. The predicted octanol–water partition coefficient (Wildman–Crippen LogP) is 1.74. The van der Waals surface area contributed by atoms with Gasteiger partial charge in [0.15, 0.2) is 0 Å². The molecule has 0 radical (unpaired) electrons. The predicted molar refractivity (Wildman–Crippen MR) is 87.4 cm³/mol. The van der Waals surface area contributed by atoms with Gasteiger partial charge in [-0.05, 0) is 25.0 Å². The first-order valence-corrected chi connectivity index (χ1v) is 7.55. The fourth-order valence-electron chi connectivity index (χ4n) is 2.46. The summed E-state index contributed by atoms with van der Waals surface area (Å²) in [5.74, 6) is -1.86. The fraction of sp³-hybridized carbons (Fsp3) is 0.312. The molecule has 0 bridgehead atoms. The number of nitrogens with one attached hydrogen (secondary N) is 1. The van der Waals surface area contributed by atoms with E-state index in [1.165, 1.54) is 30.5 Å². The molecule has 0 aromatic heterocycles. The summed E-state index contributed by atoms with van der Waals surface area (Å²) in [5, 5.41) is 31.2. The number of rotatable bonds is 5. The Balaban J connectivity index is 2.00. The van der Waals surface area contributed by atoms with Crippen molar-refractivity contribution in [2.75, 3.05) is 18.4 Å². The number of nitriles is 1. The number of benzene rings is 1. The standard InChI is InChI=1S/C16H16N4O5/c17-9-12(10-19-7-5-11(6-8-19)16(22)23)15(21)18-13-1-3-14(4-2-13)20(24)25/h1-4,10-11H,5-8H2,(H,18,21)(H,22,23)/b12-10-. The third-order valence-electron chi connectivity index (χ3n) is 3.89. The summed E-state index contributed by atoms with van der Waals surface area (Å²) >= 11 is 0. The third-order valence-corrected chi connectivity index (χ3v) is 3.89. The van der Waals surface area contributed by atoms with Gasteiger partial charge in [0.25, 0.3) is 11.6 Å². The zero-order valence-corrected chi connectivity index (χ0v) is 13.2. The molecule has 1 aromatic rings. The van der Waals surface area contributed by atoms with Crippen molar-refractivity contribution in [1.82, 2.24) is 4.90 Å². The molecule has 130 valence electrons. The lowest BCUT2D eigenvalue weighted by Crippen LogP contribution is -2.33. The van der Waals surface area contributed by atoms with E-state index in [0.29, 0.717) is 31.6 Å². The van der Waals surface area contributed by atoms with Crippen molar-refractivity contribution in [3.05, 3.63) is 46.2 Å². The molecule has 1 heterocycles. The van der Waals surface area contributed by atoms with Crippen LogP contribution in [0.15, 0.2) is 36.0 Å². The zero-order valence-electron chi connectivity index (χ0n) is 13.2. The van der Waals surface area contributed by atoms with Crippen LogP contribution in [0, 0.1) is 27.4 Å². The Kier molecular flexibility index (Phi) is 5.68. The number of nitro benzene ring substituents is 1. The molecule has 0 spiro atoms. The van der Waals surface area contributed by atoms with E-state index in [1.54, 1.807) is 4.90 Å². The van der Waals surface area contributed by atoms with E-state index in [4.69, 9.17) is 5.11 Å². The van der Waals surface area contributed by atoms with Crippen LogP contribution < -0.4 is 5.32 Å². The van der Waals surface area contributed by atoms with Crippen molar-refractivity contribution in [2.45, 2.75) is 12.8 Å². The van der Waals surface area contributed by atoms with Crippen molar-refractivity contribution < 1.29 is 19.6 Å². The molecule has 1 aliphatic rings. The van der Waals surface area contributed by atoms with Gasteiger partial charge in [0, 0.05) is 37.1 Å². The van der Waals surface area contributed by atoms with E-state index < -0.39 is 22.7 Å². The van der Waals surface area contributed by atoms with Crippen molar-refractivity contribution in [3.63, 3.8) is 0 Å². The summed E-state index contributed by atoms with van der Waals surface area (Å²) in [6, 6.07) is 7.08. The summed E-state index contributed by atoms with van der Waals surface area (Å²) in [7, 11) is 0. The van der Waals surface area contributed by atoms with Crippen LogP contribution in [0.1, 0.15) is 12.8 Å². The smallest absolute Gasteiger partial charge is 0.306 e. The highest BCUT2D eigenvalue weighted by molar-refractivity contribution is 6.06. The number of piperidine rings is 1. The van der Waals surface area contributed by atoms with Crippen LogP contribution in [0.4, 0.5) is 11.4 Å². The minimum absolute atomic E-state index is 0.102. The Labute approximate surface area is 143 Å². The van der Waals surface area contributed by atoms with Crippen LogP contribution in [0.2, 0.25) is 0 Å². The van der Waals surface area contributed by atoms with Gasteiger partial charge in [-0.3, -0.25) is 19.7 Å². The van der Waals surface area contributed by atoms with Gasteiger partial charge in [-0.25, -0.2) is 0 Å². The van der Waals surface area contributed by atoms with Crippen LogP contribution in [-0.2, 0) is 9.59 Å². The molecule has 25 heavy (non-hydrogen) atoms. The van der Waals surface area contributed by atoms with Crippen LogP contribution >= 0.6 is 0 Å². The largest absolute Gasteiger partial charge is 0.481 e. The normalized spacial score (nSPS) is 15.3. The number of hydrogen-bond donors (Lipinski definition) is 2. The van der Waals surface area contributed by atoms with Gasteiger partial charge < -0.3 is 15.3 Å². The maximum absolute atomic E-state index is 12.2. The SMILES string of the molecule is N#C/C(=C/N1CCC(C(=O)O)CC1)C(=O)Nc1ccc([N+](=O)[O-])cc1. The maximum atomic E-state index is 12.2. The van der Waals surface area contributed by atoms with Crippen LogP contribution in [0.5, 0.6) is 0 Å². The summed E-state index contributed by atoms with van der Waals surface area (Å²) in [5.41, 5.74) is 0.115. The molecule has 2 rings (SSSR count). The summed E-state index contributed by atoms with van der Waals surface area (Å²) < 4.78 is 0. The Morgan fingerprint density at radius 1 is 1.32 bits per heavy atom. The number of likely N-dealkylation sites (tertiary alicyclic amines) is 1. The average molecular weight is 344 g/mol. The molecule has 1 aromatic carbocycles. The zero-order chi connectivity index (χ0) is 18.4. The topological polar surface area (TPSA) is 137 Å². The van der Waals surface area contributed by atoms with E-state index in [0.717, 1.165) is 0 Å². The number of nitro groups is 1. The highest BCUT2D eigenvalue weighted by atomic mass is 16.6. The number of carboxylic acids is 1. The van der Waals surface area contributed by atoms with Crippen LogP contribution in [0.25, 0.3) is 0 Å². The van der Waals surface area contributed by atoms with Gasteiger partial charge in [0.2, 0.25) is 0 Å². The van der Waals surface area contributed by atoms with Crippen LogP contribution in [-0.4, -0.2) is 39.9 Å². The summed E-state index contributed by atoms with van der Waals surface area (Å²) in [6.45, 7) is 0.903. The van der Waals surface area contributed by atoms with Gasteiger partial charge in [-0.2, -0.15) is 5.26 Å². The Hall–Kier alpha value is -3.41. The second kappa shape index (κ2) is 7.92. The van der Waals surface area contributed by atoms with Crippen molar-refractivity contribution in [2.24, 2.45) is 5.92 Å². The lowest BCUT2D eigenvalue weighted by Gasteiger charge is -2.29. The molecule has 1 fully saturated rings. The lowest BCUT2D eigenvalue weighted by molar-refractivity contribution is -0.384. The van der Waals surface area contributed by atoms with Gasteiger partial charge in [0.1, 0.15) is 11.6 Å². The first-order chi connectivity index (χ1) is 11.9. The molecule has 0 unspecified atom stereocenters. The number of aliphatic carboxylic acids is 1. The Bertz CT molecular complexity index is 743. The minimum Gasteiger partial charge on any atom is -0.481 e. The molecular weight excluding hydrogens is 328 g/mol. The molecule has 0 atom stereocenters. The lowest BCUT2D eigenvalue weighted by atomic mass is 9.97. The second-order valence-corrected chi connectivity index (χ2v) is 5.56. The quantitative estimate of drug-likeness (QED) is 0.359. The van der Waals surface area contributed by atoms with Gasteiger partial charge in [-0.1, -0.05) is 0 Å². The van der Waals surface area contributed by atoms with E-state index in [1.807, 2.05) is 6.07 Å². The molecule has 9 nitrogen and oxygen atoms in total. The number of anilines is 1. The summed E-state index contributed by atoms with van der Waals surface area (Å²) in [6.07, 6.45) is 2.32. The van der Waals surface area contributed by atoms with Crippen molar-refractivity contribution in [3.8, 4) is 6.07 Å². The molecule has 0 aliphatic carbocycles. The molecule has 1 amide bonds. The van der Waals surface area contributed by atoms with Crippen molar-refractivity contribution in [1.29, 1.82) is 5.26 Å². The van der Waals surface area contributed by atoms with E-state index in [-0.39, 0.29) is 11.3 Å². The van der Waals surface area contributed by atoms with Gasteiger partial charge >= 0.3 is 5.97 Å². The molecule has 1 aliphatic heterocycles. The van der Waals surface area contributed by atoms with Gasteiger partial charge in [-0.15, -0.1) is 0 Å². The number of hydrogen-bond acceptors (Lipinski definition) is 6. The fourth-order valence-corrected chi connectivity index (χ4v) is 2.46. The maximum Gasteiger partial charge on any atom is 0.306 e. The molecule has 1 saturated heterocycles. The second-order valence-electron chi connectivity index (χ2n) is 5.56.